The number of hydrogen-bond donors (Lipinski definition) is 3. The van der Waals surface area contributed by atoms with Crippen molar-refractivity contribution in [1.29, 1.82) is 0 Å². The maximum absolute atomic E-state index is 8.81. The Balaban J connectivity index is 0.000000310. The van der Waals surface area contributed by atoms with E-state index in [9.17, 15) is 0 Å². The molecule has 0 aliphatic rings. The van der Waals surface area contributed by atoms with Crippen LogP contribution in [0, 0.1) is 0 Å². The lowest BCUT2D eigenvalue weighted by Crippen LogP contribution is -2.03. The van der Waals surface area contributed by atoms with E-state index in [0.29, 0.717) is 0 Å². The fourth-order valence-electron chi connectivity index (χ4n) is 0.757. The average molecular weight is 202 g/mol. The zero-order valence-corrected chi connectivity index (χ0v) is 8.28. The van der Waals surface area contributed by atoms with Crippen molar-refractivity contribution in [2.45, 2.75) is 13.0 Å². The van der Waals surface area contributed by atoms with Crippen LogP contribution >= 0.6 is 0 Å². The van der Waals surface area contributed by atoms with Gasteiger partial charge in [0.2, 0.25) is 0 Å². The highest BCUT2D eigenvalue weighted by molar-refractivity contribution is 7.69. The van der Waals surface area contributed by atoms with Crippen LogP contribution in [0.1, 0.15) is 18.5 Å². The van der Waals surface area contributed by atoms with Gasteiger partial charge in [0, 0.05) is 6.04 Å². The zero-order valence-electron chi connectivity index (χ0n) is 7.38. The molecule has 74 valence electrons. The molecule has 1 unspecified atom stereocenters. The molecule has 13 heavy (non-hydrogen) atoms. The van der Waals surface area contributed by atoms with Crippen LogP contribution in [0.4, 0.5) is 0 Å². The molecule has 0 aliphatic heterocycles. The second-order valence-electron chi connectivity index (χ2n) is 2.48. The normalized spacial score (nSPS) is 11.7. The van der Waals surface area contributed by atoms with E-state index < -0.39 is 10.9 Å². The second kappa shape index (κ2) is 6.59. The number of benzene rings is 1. The number of hydrogen-bond acceptors (Lipinski definition) is 3. The molecule has 1 aromatic carbocycles. The first-order valence-corrected chi connectivity index (χ1v) is 4.98. The van der Waals surface area contributed by atoms with Gasteiger partial charge in [-0.05, 0) is 12.5 Å². The van der Waals surface area contributed by atoms with Crippen LogP contribution in [0.5, 0.6) is 0 Å². The first-order valence-electron chi connectivity index (χ1n) is 3.73. The predicted molar refractivity (Wildman–Crippen MR) is 53.5 cm³/mol. The smallest absolute Gasteiger partial charge is 0.198 e. The third-order valence-electron chi connectivity index (χ3n) is 1.33. The molecule has 0 aromatic heterocycles. The number of nitrogens with two attached hydrogens (primary N) is 2. The molecular formula is C8H14N2O2S. The Morgan fingerprint density at radius 1 is 1.23 bits per heavy atom. The van der Waals surface area contributed by atoms with Gasteiger partial charge in [-0.2, -0.15) is 0 Å². The molecule has 1 aromatic rings. The predicted octanol–water partition coefficient (Wildman–Crippen LogP) is 0.178. The Morgan fingerprint density at radius 2 is 1.62 bits per heavy atom. The summed E-state index contributed by atoms with van der Waals surface area (Å²) in [5.41, 5.74) is 6.81. The summed E-state index contributed by atoms with van der Waals surface area (Å²) in [5.74, 6) is 0. The lowest BCUT2D eigenvalue weighted by Gasteiger charge is -2.02. The fourth-order valence-corrected chi connectivity index (χ4v) is 0.757. The van der Waals surface area contributed by atoms with E-state index in [0.717, 1.165) is 0 Å². The molecule has 0 amide bonds. The van der Waals surface area contributed by atoms with Gasteiger partial charge in [0.1, 0.15) is 0 Å². The summed E-state index contributed by atoms with van der Waals surface area (Å²) in [7, 11) is -2.62. The Morgan fingerprint density at radius 3 is 1.85 bits per heavy atom. The topological polar surface area (TPSA) is 86.2 Å². The minimum atomic E-state index is -2.62. The van der Waals surface area contributed by atoms with Crippen molar-refractivity contribution in [3.63, 3.8) is 0 Å². The fraction of sp³-hybridized carbons (Fsp3) is 0.250. The summed E-state index contributed by atoms with van der Waals surface area (Å²) in [6.45, 7) is 1.98. The standard InChI is InChI=1S/C8H11N.H3NO2S/c1-7(9)8-5-3-2-4-6-8;1-4(2)3/h2-7H,9H2,1H3;4H,(H2,1,2,3). The molecule has 1 rings (SSSR count). The highest BCUT2D eigenvalue weighted by Crippen LogP contribution is 2.06. The Bertz CT molecular complexity index is 288. The van der Waals surface area contributed by atoms with Crippen molar-refractivity contribution in [3.05, 3.63) is 35.9 Å². The Kier molecular flexibility index (Phi) is 6.13. The van der Waals surface area contributed by atoms with Gasteiger partial charge in [0.05, 0.1) is 0 Å². The first kappa shape index (κ1) is 12.1. The molecule has 0 spiro atoms. The largest absolute Gasteiger partial charge is 0.324 e. The van der Waals surface area contributed by atoms with Crippen molar-refractivity contribution in [1.82, 2.24) is 0 Å². The van der Waals surface area contributed by atoms with Crippen LogP contribution in [-0.4, -0.2) is 8.42 Å². The van der Waals surface area contributed by atoms with Gasteiger partial charge >= 0.3 is 0 Å². The molecule has 4 N–H and O–H groups in total. The van der Waals surface area contributed by atoms with Gasteiger partial charge in [-0.3, -0.25) is 0 Å². The van der Waals surface area contributed by atoms with E-state index >= 15 is 0 Å². The Hall–Kier alpha value is -0.910. The summed E-state index contributed by atoms with van der Waals surface area (Å²) in [4.78, 5) is 0. The van der Waals surface area contributed by atoms with Crippen molar-refractivity contribution in [2.75, 3.05) is 0 Å². The maximum Gasteiger partial charge on any atom is 0.198 e. The zero-order chi connectivity index (χ0) is 10.3. The van der Waals surface area contributed by atoms with Gasteiger partial charge in [0.15, 0.2) is 10.9 Å². The maximum atomic E-state index is 8.81. The molecule has 0 saturated carbocycles. The molecule has 0 fully saturated rings. The SMILES string of the molecule is CC(N)c1ccccc1.N[SH](=O)=O. The lowest BCUT2D eigenvalue weighted by molar-refractivity contribution is 0.616. The van der Waals surface area contributed by atoms with Crippen LogP contribution in [0.2, 0.25) is 0 Å². The minimum Gasteiger partial charge on any atom is -0.324 e. The van der Waals surface area contributed by atoms with Crippen molar-refractivity contribution in [3.8, 4) is 0 Å². The van der Waals surface area contributed by atoms with Crippen LogP contribution in [0.25, 0.3) is 0 Å². The van der Waals surface area contributed by atoms with E-state index in [2.05, 4.69) is 5.14 Å². The molecule has 0 saturated heterocycles. The van der Waals surface area contributed by atoms with Gasteiger partial charge in [-0.15, -0.1) is 0 Å². The quantitative estimate of drug-likeness (QED) is 0.568. The van der Waals surface area contributed by atoms with Crippen molar-refractivity contribution < 1.29 is 8.42 Å². The first-order chi connectivity index (χ1) is 6.04. The number of thiol groups is 1. The highest BCUT2D eigenvalue weighted by atomic mass is 32.2. The summed E-state index contributed by atoms with van der Waals surface area (Å²) in [5, 5.41) is 4.06. The van der Waals surface area contributed by atoms with Gasteiger partial charge in [-0.25, -0.2) is 13.6 Å². The van der Waals surface area contributed by atoms with Crippen LogP contribution in [0.15, 0.2) is 30.3 Å². The highest BCUT2D eigenvalue weighted by Gasteiger charge is 1.93. The summed E-state index contributed by atoms with van der Waals surface area (Å²) in [6, 6.07) is 10.2. The lowest BCUT2D eigenvalue weighted by atomic mass is 10.1. The van der Waals surface area contributed by atoms with Crippen molar-refractivity contribution in [2.24, 2.45) is 10.9 Å². The third kappa shape index (κ3) is 7.45. The third-order valence-corrected chi connectivity index (χ3v) is 1.33. The van der Waals surface area contributed by atoms with E-state index in [4.69, 9.17) is 14.2 Å². The molecule has 1 atom stereocenters. The molecule has 0 bridgehead atoms. The van der Waals surface area contributed by atoms with E-state index in [1.54, 1.807) is 0 Å². The summed E-state index contributed by atoms with van der Waals surface area (Å²) in [6.07, 6.45) is 0. The average Bonchev–Trinajstić information content (AvgIpc) is 2.05. The number of rotatable bonds is 1. The van der Waals surface area contributed by atoms with E-state index in [-0.39, 0.29) is 6.04 Å². The molecule has 0 heterocycles. The minimum absolute atomic E-state index is 0.159. The van der Waals surface area contributed by atoms with Gasteiger partial charge in [-0.1, -0.05) is 30.3 Å². The van der Waals surface area contributed by atoms with Crippen LogP contribution < -0.4 is 10.9 Å². The molecule has 5 heteroatoms. The molecule has 4 nitrogen and oxygen atoms in total. The summed E-state index contributed by atoms with van der Waals surface area (Å²) < 4.78 is 17.6. The summed E-state index contributed by atoms with van der Waals surface area (Å²) >= 11 is 0. The van der Waals surface area contributed by atoms with Gasteiger partial charge < -0.3 is 5.73 Å². The van der Waals surface area contributed by atoms with Crippen molar-refractivity contribution >= 4 is 10.9 Å². The van der Waals surface area contributed by atoms with Crippen LogP contribution in [0.3, 0.4) is 0 Å². The monoisotopic (exact) mass is 202 g/mol. The Labute approximate surface area is 79.6 Å². The second-order valence-corrected chi connectivity index (χ2v) is 3.06. The van der Waals surface area contributed by atoms with E-state index in [1.165, 1.54) is 5.56 Å². The molecular weight excluding hydrogens is 188 g/mol. The van der Waals surface area contributed by atoms with Gasteiger partial charge in [0.25, 0.3) is 0 Å². The molecule has 0 aliphatic carbocycles. The van der Waals surface area contributed by atoms with E-state index in [1.807, 2.05) is 37.3 Å². The molecule has 0 radical (unpaired) electrons. The van der Waals surface area contributed by atoms with Crippen LogP contribution in [-0.2, 0) is 10.9 Å².